The van der Waals surface area contributed by atoms with Crippen LogP contribution in [0.2, 0.25) is 0 Å². The Hall–Kier alpha value is -2.60. The summed E-state index contributed by atoms with van der Waals surface area (Å²) in [6.07, 6.45) is -18.3. The van der Waals surface area contributed by atoms with Crippen LogP contribution in [0.4, 0.5) is 96.6 Å². The monoisotopic (exact) mass is 706 g/mol. The van der Waals surface area contributed by atoms with E-state index >= 15 is 0 Å². The minimum Gasteiger partial charge on any atom is -0.346 e. The van der Waals surface area contributed by atoms with Gasteiger partial charge in [-0.25, -0.2) is 0 Å². The molecule has 0 aliphatic heterocycles. The summed E-state index contributed by atoms with van der Waals surface area (Å²) in [5, 5.41) is 1.11. The second-order valence-electron chi connectivity index (χ2n) is 9.04. The number of carbonyl (C=O) groups excluding carboxylic acids is 2. The van der Waals surface area contributed by atoms with E-state index in [1.54, 1.807) is 0 Å². The molecule has 0 aromatic carbocycles. The highest BCUT2D eigenvalue weighted by atomic mass is 19.4. The van der Waals surface area contributed by atoms with E-state index in [0.29, 0.717) is 10.6 Å². The number of rotatable bonds is 10. The molecule has 2 atom stereocenters. The van der Waals surface area contributed by atoms with Gasteiger partial charge in [0.25, 0.3) is 11.8 Å². The number of nitrogens with one attached hydrogen (secondary N) is 2. The smallest absolute Gasteiger partial charge is 0.346 e. The molecule has 2 N–H and O–H groups in total. The number of hydrogen-bond acceptors (Lipinski definition) is 2. The molecule has 1 aliphatic rings. The molecule has 26 heteroatoms. The van der Waals surface area contributed by atoms with Crippen molar-refractivity contribution in [2.24, 2.45) is 0 Å². The summed E-state index contributed by atoms with van der Waals surface area (Å²) in [6.45, 7) is 0. The molecule has 0 unspecified atom stereocenters. The average molecular weight is 706 g/mol. The van der Waals surface area contributed by atoms with E-state index in [-0.39, 0.29) is 0 Å². The lowest BCUT2D eigenvalue weighted by molar-refractivity contribution is -0.417. The lowest BCUT2D eigenvalue weighted by Crippen LogP contribution is -2.71. The summed E-state index contributed by atoms with van der Waals surface area (Å²) in [6, 6.07) is -5.28. The van der Waals surface area contributed by atoms with Crippen molar-refractivity contribution in [3.05, 3.63) is 0 Å². The standard InChI is InChI=1S/C18H12F22N2O2/c19-9(20,11(23,24)13(27,28)15(31,32)17(35,36)37)7(43)41-5-3-1-2-4-6(5)42-8(44)10(21,22)12(25,26)14(29,30)16(33,34)18(38,39)40/h5-6H,1-4H2,(H,41,43)(H,42,44)/t5-,6-/m1/s1. The minimum absolute atomic E-state index is 0.468. The van der Waals surface area contributed by atoms with E-state index in [1.807, 2.05) is 0 Å². The van der Waals surface area contributed by atoms with Crippen LogP contribution in [0.15, 0.2) is 0 Å². The molecule has 1 fully saturated rings. The first-order chi connectivity index (χ1) is 19.0. The maximum absolute atomic E-state index is 13.9. The molecule has 44 heavy (non-hydrogen) atoms. The van der Waals surface area contributed by atoms with Gasteiger partial charge in [-0.2, -0.15) is 96.6 Å². The van der Waals surface area contributed by atoms with Gasteiger partial charge in [-0.15, -0.1) is 0 Å². The third-order valence-corrected chi connectivity index (χ3v) is 6.05. The second-order valence-corrected chi connectivity index (χ2v) is 9.04. The summed E-state index contributed by atoms with van der Waals surface area (Å²) in [4.78, 5) is 23.3. The Morgan fingerprint density at radius 3 is 0.818 bits per heavy atom. The number of carbonyl (C=O) groups is 2. The van der Waals surface area contributed by atoms with Gasteiger partial charge in [-0.1, -0.05) is 12.8 Å². The summed E-state index contributed by atoms with van der Waals surface area (Å²) >= 11 is 0. The summed E-state index contributed by atoms with van der Waals surface area (Å²) < 4.78 is 289. The third-order valence-electron chi connectivity index (χ3n) is 6.05. The fraction of sp³-hybridized carbons (Fsp3) is 0.889. The topological polar surface area (TPSA) is 58.2 Å². The van der Waals surface area contributed by atoms with Crippen LogP contribution in [0.3, 0.4) is 0 Å². The fourth-order valence-electron chi connectivity index (χ4n) is 3.42. The highest BCUT2D eigenvalue weighted by molar-refractivity contribution is 5.86. The van der Waals surface area contributed by atoms with Crippen molar-refractivity contribution >= 4 is 11.8 Å². The van der Waals surface area contributed by atoms with E-state index in [4.69, 9.17) is 0 Å². The summed E-state index contributed by atoms with van der Waals surface area (Å²) in [7, 11) is 0. The van der Waals surface area contributed by atoms with Crippen LogP contribution in [0, 0.1) is 0 Å². The predicted molar refractivity (Wildman–Crippen MR) is 94.0 cm³/mol. The van der Waals surface area contributed by atoms with Gasteiger partial charge in [0.15, 0.2) is 0 Å². The first-order valence-corrected chi connectivity index (χ1v) is 10.8. The first-order valence-electron chi connectivity index (χ1n) is 10.8. The zero-order chi connectivity index (χ0) is 35.6. The van der Waals surface area contributed by atoms with Crippen molar-refractivity contribution in [3.63, 3.8) is 0 Å². The second kappa shape index (κ2) is 11.0. The van der Waals surface area contributed by atoms with E-state index in [9.17, 15) is 106 Å². The fourth-order valence-corrected chi connectivity index (χ4v) is 3.42. The van der Waals surface area contributed by atoms with Gasteiger partial charge in [-0.3, -0.25) is 9.59 Å². The highest BCUT2D eigenvalue weighted by Crippen LogP contribution is 2.58. The molecular formula is C18H12F22N2O2. The number of halogens is 22. The number of amides is 2. The summed E-state index contributed by atoms with van der Waals surface area (Å²) in [5.74, 6) is -70.1. The number of hydrogen-bond donors (Lipinski definition) is 2. The number of alkyl halides is 22. The molecule has 0 aromatic rings. The third kappa shape index (κ3) is 5.76. The van der Waals surface area contributed by atoms with E-state index in [2.05, 4.69) is 0 Å². The van der Waals surface area contributed by atoms with Crippen LogP contribution in [-0.4, -0.2) is 83.6 Å². The van der Waals surface area contributed by atoms with Crippen molar-refractivity contribution in [3.8, 4) is 0 Å². The van der Waals surface area contributed by atoms with Gasteiger partial charge in [0, 0.05) is 12.1 Å². The lowest BCUT2D eigenvalue weighted by atomic mass is 9.89. The Morgan fingerprint density at radius 2 is 0.614 bits per heavy atom. The first kappa shape index (κ1) is 39.4. The van der Waals surface area contributed by atoms with Crippen molar-refractivity contribution in [2.75, 3.05) is 0 Å². The minimum atomic E-state index is -8.09. The van der Waals surface area contributed by atoms with Gasteiger partial charge in [0.2, 0.25) is 0 Å². The molecule has 0 spiro atoms. The van der Waals surface area contributed by atoms with Crippen molar-refractivity contribution < 1.29 is 106 Å². The van der Waals surface area contributed by atoms with Crippen molar-refractivity contribution in [1.82, 2.24) is 10.6 Å². The van der Waals surface area contributed by atoms with E-state index in [0.717, 1.165) is 0 Å². The van der Waals surface area contributed by atoms with Gasteiger partial charge in [-0.05, 0) is 12.8 Å². The van der Waals surface area contributed by atoms with Crippen molar-refractivity contribution in [1.29, 1.82) is 0 Å². The molecule has 2 amide bonds. The molecule has 1 aliphatic carbocycles. The predicted octanol–water partition coefficient (Wildman–Crippen LogP) is 6.74. The van der Waals surface area contributed by atoms with Crippen molar-refractivity contribution in [2.45, 2.75) is 97.5 Å². The van der Waals surface area contributed by atoms with Gasteiger partial charge >= 0.3 is 59.7 Å². The van der Waals surface area contributed by atoms with Crippen LogP contribution in [0.1, 0.15) is 25.7 Å². The van der Waals surface area contributed by atoms with E-state index < -0.39 is 109 Å². The highest BCUT2D eigenvalue weighted by Gasteiger charge is 2.90. The van der Waals surface area contributed by atoms with Crippen LogP contribution in [0.5, 0.6) is 0 Å². The Labute approximate surface area is 227 Å². The van der Waals surface area contributed by atoms with Gasteiger partial charge < -0.3 is 10.6 Å². The Kier molecular flexibility index (Phi) is 9.88. The quantitative estimate of drug-likeness (QED) is 0.248. The normalized spacial score (nSPS) is 20.8. The molecule has 1 saturated carbocycles. The zero-order valence-electron chi connectivity index (χ0n) is 20.1. The Morgan fingerprint density at radius 1 is 0.386 bits per heavy atom. The Balaban J connectivity index is 3.36. The molecule has 0 bridgehead atoms. The van der Waals surface area contributed by atoms with Crippen LogP contribution < -0.4 is 10.6 Å². The molecule has 0 aromatic heterocycles. The van der Waals surface area contributed by atoms with E-state index in [1.165, 1.54) is 0 Å². The molecule has 260 valence electrons. The SMILES string of the molecule is O=C(N[C@@H]1CCCC[C@H]1NC(=O)C(F)(F)C(F)(F)C(F)(F)C(F)(F)C(F)(F)F)C(F)(F)C(F)(F)C(F)(F)C(F)(F)C(F)(F)F. The van der Waals surface area contributed by atoms with Crippen LogP contribution in [-0.2, 0) is 9.59 Å². The van der Waals surface area contributed by atoms with Crippen LogP contribution >= 0.6 is 0 Å². The van der Waals surface area contributed by atoms with Gasteiger partial charge in [0.1, 0.15) is 0 Å². The Bertz CT molecular complexity index is 994. The molecule has 0 radical (unpaired) electrons. The molecule has 1 rings (SSSR count). The maximum atomic E-state index is 13.9. The lowest BCUT2D eigenvalue weighted by Gasteiger charge is -2.39. The molecular weight excluding hydrogens is 694 g/mol. The largest absolute Gasteiger partial charge is 0.460 e. The summed E-state index contributed by atoms with van der Waals surface area (Å²) in [5.41, 5.74) is 0. The molecule has 0 saturated heterocycles. The average Bonchev–Trinajstić information content (AvgIpc) is 2.82. The van der Waals surface area contributed by atoms with Crippen LogP contribution in [0.25, 0.3) is 0 Å². The molecule has 4 nitrogen and oxygen atoms in total. The molecule has 0 heterocycles. The maximum Gasteiger partial charge on any atom is 0.460 e. The van der Waals surface area contributed by atoms with Gasteiger partial charge in [0.05, 0.1) is 0 Å². The zero-order valence-corrected chi connectivity index (χ0v) is 20.1.